The van der Waals surface area contributed by atoms with E-state index in [9.17, 15) is 0 Å². The summed E-state index contributed by atoms with van der Waals surface area (Å²) in [6, 6.07) is 3.79. The van der Waals surface area contributed by atoms with Gasteiger partial charge in [-0.25, -0.2) is 4.98 Å². The van der Waals surface area contributed by atoms with E-state index in [1.54, 1.807) is 6.26 Å². The number of nitrogens with zero attached hydrogens (tertiary/aromatic N) is 3. The fourth-order valence-electron chi connectivity index (χ4n) is 2.10. The Morgan fingerprint density at radius 3 is 2.95 bits per heavy atom. The lowest BCUT2D eigenvalue weighted by Gasteiger charge is -2.12. The zero-order chi connectivity index (χ0) is 15.1. The van der Waals surface area contributed by atoms with Crippen molar-refractivity contribution >= 4 is 5.95 Å². The quantitative estimate of drug-likeness (QED) is 0.714. The molecule has 0 aliphatic heterocycles. The predicted molar refractivity (Wildman–Crippen MR) is 82.2 cm³/mol. The van der Waals surface area contributed by atoms with Crippen LogP contribution in [0.5, 0.6) is 0 Å². The van der Waals surface area contributed by atoms with Gasteiger partial charge in [-0.2, -0.15) is 0 Å². The Bertz CT molecular complexity index is 520. The molecule has 0 spiro atoms. The average molecular weight is 292 g/mol. The van der Waals surface area contributed by atoms with Crippen molar-refractivity contribution in [2.75, 3.05) is 32.1 Å². The van der Waals surface area contributed by atoms with Gasteiger partial charge in [0.1, 0.15) is 12.4 Å². The molecule has 2 aromatic heterocycles. The molecule has 0 aliphatic rings. The molecule has 1 N–H and O–H groups in total. The first kappa shape index (κ1) is 15.6. The lowest BCUT2D eigenvalue weighted by atomic mass is 10.4. The van der Waals surface area contributed by atoms with E-state index in [1.807, 2.05) is 44.4 Å². The Hall–Kier alpha value is -1.79. The van der Waals surface area contributed by atoms with Gasteiger partial charge in [-0.3, -0.25) is 0 Å². The Labute approximate surface area is 125 Å². The number of hydrogen-bond acceptors (Lipinski definition) is 5. The molecule has 0 saturated carbocycles. The predicted octanol–water partition coefficient (Wildman–Crippen LogP) is 1.78. The highest BCUT2D eigenvalue weighted by molar-refractivity contribution is 5.30. The van der Waals surface area contributed by atoms with E-state index >= 15 is 0 Å². The van der Waals surface area contributed by atoms with Gasteiger partial charge in [0.25, 0.3) is 0 Å². The van der Waals surface area contributed by atoms with Crippen LogP contribution in [0.15, 0.2) is 29.0 Å². The maximum Gasteiger partial charge on any atom is 0.204 e. The van der Waals surface area contributed by atoms with Gasteiger partial charge in [0, 0.05) is 34.3 Å². The van der Waals surface area contributed by atoms with Gasteiger partial charge < -0.3 is 23.9 Å². The molecule has 0 radical (unpaired) electrons. The van der Waals surface area contributed by atoms with Crippen LogP contribution < -0.4 is 10.2 Å². The SMILES string of the molecule is CN(C)c1ncc(CNCCCOCc2ccco2)n1C. The zero-order valence-electron chi connectivity index (χ0n) is 13.0. The first-order valence-corrected chi connectivity index (χ1v) is 7.17. The second-order valence-corrected chi connectivity index (χ2v) is 5.17. The molecule has 21 heavy (non-hydrogen) atoms. The van der Waals surface area contributed by atoms with Crippen LogP contribution >= 0.6 is 0 Å². The van der Waals surface area contributed by atoms with Crippen molar-refractivity contribution in [3.63, 3.8) is 0 Å². The molecule has 0 fully saturated rings. The topological polar surface area (TPSA) is 55.5 Å². The number of imidazole rings is 1. The molecule has 2 aromatic rings. The highest BCUT2D eigenvalue weighted by Gasteiger charge is 2.07. The molecule has 2 rings (SSSR count). The van der Waals surface area contributed by atoms with E-state index in [1.165, 1.54) is 5.69 Å². The van der Waals surface area contributed by atoms with Crippen molar-refractivity contribution in [3.05, 3.63) is 36.0 Å². The van der Waals surface area contributed by atoms with E-state index in [4.69, 9.17) is 9.15 Å². The summed E-state index contributed by atoms with van der Waals surface area (Å²) in [4.78, 5) is 6.39. The summed E-state index contributed by atoms with van der Waals surface area (Å²) in [6.45, 7) is 3.00. The standard InChI is InChI=1S/C15H24N4O2/c1-18(2)15-17-11-13(19(15)3)10-16-7-5-8-20-12-14-6-4-9-21-14/h4,6,9,11,16H,5,7-8,10,12H2,1-3H3. The van der Waals surface area contributed by atoms with Crippen molar-refractivity contribution in [2.45, 2.75) is 19.6 Å². The lowest BCUT2D eigenvalue weighted by Crippen LogP contribution is -2.19. The lowest BCUT2D eigenvalue weighted by molar-refractivity contribution is 0.104. The number of nitrogens with one attached hydrogen (secondary N) is 1. The second-order valence-electron chi connectivity index (χ2n) is 5.17. The third-order valence-corrected chi connectivity index (χ3v) is 3.23. The van der Waals surface area contributed by atoms with Crippen LogP contribution in [0.3, 0.4) is 0 Å². The molecule has 0 atom stereocenters. The Kier molecular flexibility index (Phi) is 5.83. The van der Waals surface area contributed by atoms with Crippen molar-refractivity contribution in [3.8, 4) is 0 Å². The van der Waals surface area contributed by atoms with Crippen molar-refractivity contribution in [1.82, 2.24) is 14.9 Å². The smallest absolute Gasteiger partial charge is 0.204 e. The number of aromatic nitrogens is 2. The molecule has 0 amide bonds. The van der Waals surface area contributed by atoms with Gasteiger partial charge in [0.2, 0.25) is 5.95 Å². The van der Waals surface area contributed by atoms with Crippen LogP contribution in [0.1, 0.15) is 17.9 Å². The number of furan rings is 1. The largest absolute Gasteiger partial charge is 0.467 e. The third kappa shape index (κ3) is 4.61. The molecule has 0 aromatic carbocycles. The summed E-state index contributed by atoms with van der Waals surface area (Å²) < 4.78 is 12.8. The highest BCUT2D eigenvalue weighted by atomic mass is 16.5. The van der Waals surface area contributed by atoms with E-state index in [0.717, 1.165) is 37.8 Å². The summed E-state index contributed by atoms with van der Waals surface area (Å²) in [6.07, 6.45) is 4.55. The van der Waals surface area contributed by atoms with E-state index in [0.29, 0.717) is 6.61 Å². The summed E-state index contributed by atoms with van der Waals surface area (Å²) in [5.74, 6) is 1.84. The monoisotopic (exact) mass is 292 g/mol. The van der Waals surface area contributed by atoms with Gasteiger partial charge in [-0.1, -0.05) is 0 Å². The fourth-order valence-corrected chi connectivity index (χ4v) is 2.10. The zero-order valence-corrected chi connectivity index (χ0v) is 13.0. The molecule has 0 unspecified atom stereocenters. The van der Waals surface area contributed by atoms with Crippen LogP contribution in [0, 0.1) is 0 Å². The molecule has 2 heterocycles. The second kappa shape index (κ2) is 7.85. The van der Waals surface area contributed by atoms with Gasteiger partial charge in [0.15, 0.2) is 0 Å². The highest BCUT2D eigenvalue weighted by Crippen LogP contribution is 2.10. The van der Waals surface area contributed by atoms with E-state index in [-0.39, 0.29) is 0 Å². The molecule has 0 aliphatic carbocycles. The van der Waals surface area contributed by atoms with Gasteiger partial charge >= 0.3 is 0 Å². The summed E-state index contributed by atoms with van der Waals surface area (Å²) >= 11 is 0. The number of ether oxygens (including phenoxy) is 1. The van der Waals surface area contributed by atoms with Crippen molar-refractivity contribution < 1.29 is 9.15 Å². The maximum atomic E-state index is 5.53. The molecular formula is C15H24N4O2. The number of anilines is 1. The summed E-state index contributed by atoms with van der Waals surface area (Å²) in [5.41, 5.74) is 1.18. The maximum absolute atomic E-state index is 5.53. The Morgan fingerprint density at radius 2 is 2.29 bits per heavy atom. The minimum atomic E-state index is 0.543. The van der Waals surface area contributed by atoms with Crippen LogP contribution in [-0.4, -0.2) is 36.8 Å². The number of rotatable bonds is 9. The fraction of sp³-hybridized carbons (Fsp3) is 0.533. The molecule has 0 bridgehead atoms. The van der Waals surface area contributed by atoms with Crippen molar-refractivity contribution in [1.29, 1.82) is 0 Å². The van der Waals surface area contributed by atoms with Gasteiger partial charge in [-0.15, -0.1) is 0 Å². The van der Waals surface area contributed by atoms with Crippen LogP contribution in [-0.2, 0) is 24.9 Å². The first-order valence-electron chi connectivity index (χ1n) is 7.17. The third-order valence-electron chi connectivity index (χ3n) is 3.23. The summed E-state index contributed by atoms with van der Waals surface area (Å²) in [5, 5.41) is 3.41. The molecule has 116 valence electrons. The molecular weight excluding hydrogens is 268 g/mol. The molecule has 6 heteroatoms. The molecule has 6 nitrogen and oxygen atoms in total. The van der Waals surface area contributed by atoms with Gasteiger partial charge in [-0.05, 0) is 25.1 Å². The minimum absolute atomic E-state index is 0.543. The summed E-state index contributed by atoms with van der Waals surface area (Å²) in [7, 11) is 6.03. The van der Waals surface area contributed by atoms with Crippen LogP contribution in [0.25, 0.3) is 0 Å². The minimum Gasteiger partial charge on any atom is -0.467 e. The normalized spacial score (nSPS) is 11.0. The Balaban J connectivity index is 1.57. The first-order chi connectivity index (χ1) is 10.2. The average Bonchev–Trinajstić information content (AvgIpc) is 3.08. The Morgan fingerprint density at radius 1 is 1.43 bits per heavy atom. The van der Waals surface area contributed by atoms with Crippen molar-refractivity contribution in [2.24, 2.45) is 7.05 Å². The van der Waals surface area contributed by atoms with Gasteiger partial charge in [0.05, 0.1) is 18.2 Å². The van der Waals surface area contributed by atoms with E-state index in [2.05, 4.69) is 14.9 Å². The number of hydrogen-bond donors (Lipinski definition) is 1. The molecule has 0 saturated heterocycles. The van der Waals surface area contributed by atoms with Crippen LogP contribution in [0.2, 0.25) is 0 Å². The van der Waals surface area contributed by atoms with E-state index < -0.39 is 0 Å². The van der Waals surface area contributed by atoms with Crippen LogP contribution in [0.4, 0.5) is 5.95 Å².